The zero-order valence-corrected chi connectivity index (χ0v) is 8.86. The van der Waals surface area contributed by atoms with Gasteiger partial charge in [0.15, 0.2) is 0 Å². The molecular formula is C11H14OS. The number of carbonyl (C=O) groups is 1. The highest BCUT2D eigenvalue weighted by Crippen LogP contribution is 2.18. The number of benzene rings is 1. The Hall–Kier alpha value is -0.760. The summed E-state index contributed by atoms with van der Waals surface area (Å²) >= 11 is 1.74. The molecule has 0 spiro atoms. The Morgan fingerprint density at radius 1 is 1.31 bits per heavy atom. The molecule has 0 bridgehead atoms. The van der Waals surface area contributed by atoms with Gasteiger partial charge in [-0.25, -0.2) is 0 Å². The molecule has 1 aromatic carbocycles. The van der Waals surface area contributed by atoms with Gasteiger partial charge in [0.25, 0.3) is 0 Å². The van der Waals surface area contributed by atoms with Crippen LogP contribution in [-0.4, -0.2) is 11.5 Å². The lowest BCUT2D eigenvalue weighted by Gasteiger charge is -1.99. The van der Waals surface area contributed by atoms with E-state index < -0.39 is 0 Å². The summed E-state index contributed by atoms with van der Waals surface area (Å²) in [5, 5.41) is 0. The van der Waals surface area contributed by atoms with Crippen LogP contribution < -0.4 is 0 Å². The number of Topliss-reactive ketones (excluding diaryl/α,β-unsaturated/α-hetero) is 1. The number of hydrogen-bond donors (Lipinski definition) is 0. The second-order valence-corrected chi connectivity index (χ2v) is 4.28. The third kappa shape index (κ3) is 4.13. The van der Waals surface area contributed by atoms with E-state index in [2.05, 4.69) is 31.2 Å². The summed E-state index contributed by atoms with van der Waals surface area (Å²) in [6.07, 6.45) is 0.665. The molecular weight excluding hydrogens is 180 g/mol. The Morgan fingerprint density at radius 3 is 2.46 bits per heavy atom. The molecule has 0 aliphatic rings. The van der Waals surface area contributed by atoms with Crippen molar-refractivity contribution in [1.29, 1.82) is 0 Å². The lowest BCUT2D eigenvalue weighted by atomic mass is 10.2. The van der Waals surface area contributed by atoms with Gasteiger partial charge in [-0.1, -0.05) is 17.7 Å². The average Bonchev–Trinajstić information content (AvgIpc) is 2.08. The van der Waals surface area contributed by atoms with E-state index in [1.54, 1.807) is 18.7 Å². The van der Waals surface area contributed by atoms with Crippen LogP contribution in [0.1, 0.15) is 18.9 Å². The van der Waals surface area contributed by atoms with Gasteiger partial charge in [0.05, 0.1) is 0 Å². The van der Waals surface area contributed by atoms with Crippen LogP contribution in [0, 0.1) is 6.92 Å². The van der Waals surface area contributed by atoms with Crippen molar-refractivity contribution in [2.45, 2.75) is 25.2 Å². The molecule has 0 fully saturated rings. The summed E-state index contributed by atoms with van der Waals surface area (Å²) in [6.45, 7) is 3.71. The number of hydrogen-bond acceptors (Lipinski definition) is 2. The lowest BCUT2D eigenvalue weighted by Crippen LogP contribution is -1.91. The normalized spacial score (nSPS) is 10.0. The van der Waals surface area contributed by atoms with Crippen LogP contribution >= 0.6 is 11.8 Å². The first-order valence-corrected chi connectivity index (χ1v) is 5.36. The number of rotatable bonds is 4. The van der Waals surface area contributed by atoms with Gasteiger partial charge in [0.1, 0.15) is 5.78 Å². The van der Waals surface area contributed by atoms with Gasteiger partial charge in [-0.3, -0.25) is 4.79 Å². The molecule has 0 heterocycles. The molecule has 0 aliphatic heterocycles. The average molecular weight is 194 g/mol. The molecule has 0 amide bonds. The first kappa shape index (κ1) is 10.3. The van der Waals surface area contributed by atoms with Crippen LogP contribution in [-0.2, 0) is 4.79 Å². The molecule has 70 valence electrons. The smallest absolute Gasteiger partial charge is 0.130 e. The molecule has 13 heavy (non-hydrogen) atoms. The Kier molecular flexibility index (Phi) is 4.03. The van der Waals surface area contributed by atoms with E-state index in [1.165, 1.54) is 10.5 Å². The zero-order valence-electron chi connectivity index (χ0n) is 8.04. The lowest BCUT2D eigenvalue weighted by molar-refractivity contribution is -0.116. The molecule has 0 aromatic heterocycles. The molecule has 0 radical (unpaired) electrons. The molecule has 0 aliphatic carbocycles. The Bertz CT molecular complexity index is 277. The second kappa shape index (κ2) is 5.07. The SMILES string of the molecule is CC(=O)CCSc1ccc(C)cc1. The summed E-state index contributed by atoms with van der Waals surface area (Å²) in [5.41, 5.74) is 1.27. The number of thioether (sulfide) groups is 1. The molecule has 0 N–H and O–H groups in total. The van der Waals surface area contributed by atoms with Crippen molar-refractivity contribution >= 4 is 17.5 Å². The predicted octanol–water partition coefficient (Wildman–Crippen LogP) is 3.07. The number of carbonyl (C=O) groups excluding carboxylic acids is 1. The van der Waals surface area contributed by atoms with E-state index in [4.69, 9.17) is 0 Å². The van der Waals surface area contributed by atoms with Crippen LogP contribution in [0.5, 0.6) is 0 Å². The summed E-state index contributed by atoms with van der Waals surface area (Å²) in [6, 6.07) is 8.38. The highest BCUT2D eigenvalue weighted by molar-refractivity contribution is 7.99. The second-order valence-electron chi connectivity index (χ2n) is 3.11. The Balaban J connectivity index is 2.37. The maximum absolute atomic E-state index is 10.7. The fourth-order valence-electron chi connectivity index (χ4n) is 0.947. The fourth-order valence-corrected chi connectivity index (χ4v) is 1.90. The minimum Gasteiger partial charge on any atom is -0.300 e. The summed E-state index contributed by atoms with van der Waals surface area (Å²) in [7, 11) is 0. The third-order valence-corrected chi connectivity index (χ3v) is 2.76. The van der Waals surface area contributed by atoms with Crippen molar-refractivity contribution in [3.8, 4) is 0 Å². The predicted molar refractivity (Wildman–Crippen MR) is 57.2 cm³/mol. The van der Waals surface area contributed by atoms with E-state index in [-0.39, 0.29) is 5.78 Å². The highest BCUT2D eigenvalue weighted by Gasteiger charge is 1.95. The zero-order chi connectivity index (χ0) is 9.68. The van der Waals surface area contributed by atoms with Crippen LogP contribution in [0.2, 0.25) is 0 Å². The molecule has 0 atom stereocenters. The first-order valence-electron chi connectivity index (χ1n) is 4.37. The highest BCUT2D eigenvalue weighted by atomic mass is 32.2. The van der Waals surface area contributed by atoms with Crippen molar-refractivity contribution in [2.24, 2.45) is 0 Å². The van der Waals surface area contributed by atoms with Gasteiger partial charge >= 0.3 is 0 Å². The Labute approximate surface area is 83.5 Å². The van der Waals surface area contributed by atoms with Crippen molar-refractivity contribution in [2.75, 3.05) is 5.75 Å². The van der Waals surface area contributed by atoms with Gasteiger partial charge < -0.3 is 0 Å². The molecule has 1 rings (SSSR count). The largest absolute Gasteiger partial charge is 0.300 e. The van der Waals surface area contributed by atoms with Crippen LogP contribution in [0.3, 0.4) is 0 Å². The minimum absolute atomic E-state index is 0.264. The topological polar surface area (TPSA) is 17.1 Å². The van der Waals surface area contributed by atoms with Crippen LogP contribution in [0.4, 0.5) is 0 Å². The standard InChI is InChI=1S/C11H14OS/c1-9-3-5-11(6-4-9)13-8-7-10(2)12/h3-6H,7-8H2,1-2H3. The monoisotopic (exact) mass is 194 g/mol. The van der Waals surface area contributed by atoms with Gasteiger partial charge in [-0.2, -0.15) is 0 Å². The fraction of sp³-hybridized carbons (Fsp3) is 0.364. The van der Waals surface area contributed by atoms with E-state index in [9.17, 15) is 4.79 Å². The summed E-state index contributed by atoms with van der Waals surface area (Å²) < 4.78 is 0. The Morgan fingerprint density at radius 2 is 1.92 bits per heavy atom. The maximum Gasteiger partial charge on any atom is 0.130 e. The van der Waals surface area contributed by atoms with Gasteiger partial charge in [-0.05, 0) is 26.0 Å². The van der Waals surface area contributed by atoms with E-state index in [1.807, 2.05) is 0 Å². The van der Waals surface area contributed by atoms with E-state index in [0.717, 1.165) is 5.75 Å². The molecule has 0 saturated heterocycles. The third-order valence-electron chi connectivity index (χ3n) is 1.74. The molecule has 1 aromatic rings. The van der Waals surface area contributed by atoms with Crippen LogP contribution in [0.25, 0.3) is 0 Å². The quantitative estimate of drug-likeness (QED) is 0.685. The van der Waals surface area contributed by atoms with Gasteiger partial charge in [0, 0.05) is 17.1 Å². The summed E-state index contributed by atoms with van der Waals surface area (Å²) in [4.78, 5) is 11.9. The summed E-state index contributed by atoms with van der Waals surface area (Å²) in [5.74, 6) is 1.15. The number of aryl methyl sites for hydroxylation is 1. The molecule has 0 unspecified atom stereocenters. The molecule has 2 heteroatoms. The minimum atomic E-state index is 0.264. The van der Waals surface area contributed by atoms with Crippen molar-refractivity contribution in [1.82, 2.24) is 0 Å². The van der Waals surface area contributed by atoms with Gasteiger partial charge in [0.2, 0.25) is 0 Å². The molecule has 1 nitrogen and oxygen atoms in total. The van der Waals surface area contributed by atoms with Crippen molar-refractivity contribution in [3.63, 3.8) is 0 Å². The van der Waals surface area contributed by atoms with E-state index >= 15 is 0 Å². The van der Waals surface area contributed by atoms with Crippen LogP contribution in [0.15, 0.2) is 29.2 Å². The first-order chi connectivity index (χ1) is 6.18. The van der Waals surface area contributed by atoms with Crippen molar-refractivity contribution in [3.05, 3.63) is 29.8 Å². The number of ketones is 1. The van der Waals surface area contributed by atoms with E-state index in [0.29, 0.717) is 6.42 Å². The maximum atomic E-state index is 10.7. The van der Waals surface area contributed by atoms with Crippen molar-refractivity contribution < 1.29 is 4.79 Å². The van der Waals surface area contributed by atoms with Gasteiger partial charge in [-0.15, -0.1) is 11.8 Å². The molecule has 0 saturated carbocycles.